The molecule has 0 unspecified atom stereocenters. The van der Waals surface area contributed by atoms with E-state index < -0.39 is 6.03 Å². The van der Waals surface area contributed by atoms with Crippen LogP contribution in [0.3, 0.4) is 0 Å². The summed E-state index contributed by atoms with van der Waals surface area (Å²) in [7, 11) is 0. The van der Waals surface area contributed by atoms with Crippen molar-refractivity contribution in [2.75, 3.05) is 18.4 Å². The van der Waals surface area contributed by atoms with Crippen LogP contribution >= 0.6 is 15.9 Å². The second-order valence-corrected chi connectivity index (χ2v) is 6.47. The SMILES string of the molecule is O=C(NCCNC(=O)c1ccco1)Nc1ccc(Oc2cccc(Br)c2)nc1. The summed E-state index contributed by atoms with van der Waals surface area (Å²) in [5.74, 6) is 0.944. The highest BCUT2D eigenvalue weighted by atomic mass is 79.9. The van der Waals surface area contributed by atoms with Crippen LogP contribution in [-0.2, 0) is 0 Å². The Hall–Kier alpha value is -3.33. The number of ether oxygens (including phenoxy) is 1. The summed E-state index contributed by atoms with van der Waals surface area (Å²) in [4.78, 5) is 27.7. The fourth-order valence-corrected chi connectivity index (χ4v) is 2.57. The number of nitrogens with zero attached hydrogens (tertiary/aromatic N) is 1. The average Bonchev–Trinajstić information content (AvgIpc) is 3.22. The molecular formula is C19H17BrN4O4. The van der Waals surface area contributed by atoms with Gasteiger partial charge in [-0.25, -0.2) is 9.78 Å². The zero-order valence-corrected chi connectivity index (χ0v) is 16.2. The molecule has 0 atom stereocenters. The minimum absolute atomic E-state index is 0.223. The Morgan fingerprint density at radius 2 is 1.93 bits per heavy atom. The summed E-state index contributed by atoms with van der Waals surface area (Å²) in [6.07, 6.45) is 2.91. The lowest BCUT2D eigenvalue weighted by Crippen LogP contribution is -2.36. The number of amides is 3. The molecule has 0 fully saturated rings. The lowest BCUT2D eigenvalue weighted by molar-refractivity contribution is 0.0926. The summed E-state index contributed by atoms with van der Waals surface area (Å²) in [6.45, 7) is 0.528. The molecule has 1 aromatic carbocycles. The van der Waals surface area contributed by atoms with Crippen molar-refractivity contribution in [1.29, 1.82) is 0 Å². The fraction of sp³-hybridized carbons (Fsp3) is 0.105. The molecule has 0 aliphatic rings. The molecule has 3 rings (SSSR count). The van der Waals surface area contributed by atoms with Gasteiger partial charge in [-0.3, -0.25) is 4.79 Å². The van der Waals surface area contributed by atoms with Gasteiger partial charge >= 0.3 is 6.03 Å². The Morgan fingerprint density at radius 3 is 2.64 bits per heavy atom. The summed E-state index contributed by atoms with van der Waals surface area (Å²) < 4.78 is 11.5. The molecule has 0 bridgehead atoms. The molecule has 0 saturated heterocycles. The van der Waals surface area contributed by atoms with E-state index in [1.54, 1.807) is 24.3 Å². The number of benzene rings is 1. The Bertz CT molecular complexity index is 929. The lowest BCUT2D eigenvalue weighted by atomic mass is 10.3. The minimum atomic E-state index is -0.408. The van der Waals surface area contributed by atoms with Gasteiger partial charge in [0.05, 0.1) is 18.1 Å². The van der Waals surface area contributed by atoms with E-state index in [9.17, 15) is 9.59 Å². The van der Waals surface area contributed by atoms with Gasteiger partial charge in [0.15, 0.2) is 5.76 Å². The smallest absolute Gasteiger partial charge is 0.319 e. The highest BCUT2D eigenvalue weighted by Crippen LogP contribution is 2.23. The van der Waals surface area contributed by atoms with E-state index in [-0.39, 0.29) is 24.8 Å². The molecule has 8 nitrogen and oxygen atoms in total. The lowest BCUT2D eigenvalue weighted by Gasteiger charge is -2.09. The largest absolute Gasteiger partial charge is 0.459 e. The zero-order valence-electron chi connectivity index (χ0n) is 14.6. The first-order chi connectivity index (χ1) is 13.6. The van der Waals surface area contributed by atoms with Gasteiger partial charge in [-0.1, -0.05) is 22.0 Å². The van der Waals surface area contributed by atoms with Crippen molar-refractivity contribution in [3.8, 4) is 11.6 Å². The summed E-state index contributed by atoms with van der Waals surface area (Å²) in [5, 5.41) is 7.92. The maximum absolute atomic E-state index is 11.9. The molecule has 0 aliphatic heterocycles. The number of hydrogen-bond donors (Lipinski definition) is 3. The fourth-order valence-electron chi connectivity index (χ4n) is 2.19. The first kappa shape index (κ1) is 19.4. The van der Waals surface area contributed by atoms with Crippen molar-refractivity contribution in [2.24, 2.45) is 0 Å². The van der Waals surface area contributed by atoms with E-state index in [0.717, 1.165) is 4.47 Å². The number of urea groups is 1. The number of rotatable bonds is 7. The number of carbonyl (C=O) groups is 2. The number of halogens is 1. The van der Waals surface area contributed by atoms with Gasteiger partial charge in [0.2, 0.25) is 5.88 Å². The Labute approximate surface area is 169 Å². The molecule has 28 heavy (non-hydrogen) atoms. The third-order valence-electron chi connectivity index (χ3n) is 3.45. The summed E-state index contributed by atoms with van der Waals surface area (Å²) >= 11 is 3.38. The number of nitrogens with one attached hydrogen (secondary N) is 3. The van der Waals surface area contributed by atoms with Gasteiger partial charge in [-0.2, -0.15) is 0 Å². The van der Waals surface area contributed by atoms with Gasteiger partial charge in [0.25, 0.3) is 5.91 Å². The average molecular weight is 445 g/mol. The molecule has 3 amide bonds. The molecule has 2 aromatic heterocycles. The van der Waals surface area contributed by atoms with Gasteiger partial charge in [-0.05, 0) is 36.4 Å². The molecule has 0 radical (unpaired) electrons. The van der Waals surface area contributed by atoms with Crippen molar-refractivity contribution in [1.82, 2.24) is 15.6 Å². The van der Waals surface area contributed by atoms with Crippen LogP contribution in [0, 0.1) is 0 Å². The quantitative estimate of drug-likeness (QED) is 0.480. The summed E-state index contributed by atoms with van der Waals surface area (Å²) in [5.41, 5.74) is 0.513. The van der Waals surface area contributed by atoms with E-state index in [1.807, 2.05) is 24.3 Å². The van der Waals surface area contributed by atoms with Crippen LogP contribution < -0.4 is 20.7 Å². The van der Waals surface area contributed by atoms with E-state index in [4.69, 9.17) is 9.15 Å². The first-order valence-corrected chi connectivity index (χ1v) is 9.15. The molecule has 0 aliphatic carbocycles. The van der Waals surface area contributed by atoms with Gasteiger partial charge in [-0.15, -0.1) is 0 Å². The van der Waals surface area contributed by atoms with Crippen molar-refractivity contribution in [3.05, 3.63) is 71.2 Å². The third kappa shape index (κ3) is 5.85. The molecule has 9 heteroatoms. The van der Waals surface area contributed by atoms with Crippen LogP contribution in [-0.4, -0.2) is 30.0 Å². The number of hydrogen-bond acceptors (Lipinski definition) is 5. The summed E-state index contributed by atoms with van der Waals surface area (Å²) in [6, 6.07) is 13.5. The van der Waals surface area contributed by atoms with Crippen LogP contribution in [0.2, 0.25) is 0 Å². The van der Waals surface area contributed by atoms with Crippen LogP contribution in [0.4, 0.5) is 10.5 Å². The maximum Gasteiger partial charge on any atom is 0.319 e. The van der Waals surface area contributed by atoms with Gasteiger partial charge in [0.1, 0.15) is 5.75 Å². The predicted octanol–water partition coefficient (Wildman–Crippen LogP) is 3.78. The molecule has 2 heterocycles. The Morgan fingerprint density at radius 1 is 1.07 bits per heavy atom. The highest BCUT2D eigenvalue weighted by molar-refractivity contribution is 9.10. The maximum atomic E-state index is 11.9. The number of furan rings is 1. The van der Waals surface area contributed by atoms with E-state index in [1.165, 1.54) is 12.5 Å². The van der Waals surface area contributed by atoms with E-state index in [0.29, 0.717) is 17.3 Å². The van der Waals surface area contributed by atoms with Gasteiger partial charge in [0, 0.05) is 23.6 Å². The molecule has 144 valence electrons. The van der Waals surface area contributed by atoms with E-state index >= 15 is 0 Å². The Kier molecular flexibility index (Phi) is 6.64. The topological polar surface area (TPSA) is 105 Å². The molecule has 0 saturated carbocycles. The Balaban J connectivity index is 1.40. The van der Waals surface area contributed by atoms with Crippen molar-refractivity contribution >= 4 is 33.6 Å². The standard InChI is InChI=1S/C19H17BrN4O4/c20-13-3-1-4-15(11-13)28-17-7-6-14(12-23-17)24-19(26)22-9-8-21-18(25)16-5-2-10-27-16/h1-7,10-12H,8-9H2,(H,21,25)(H2,22,24,26). The van der Waals surface area contributed by atoms with Crippen LogP contribution in [0.15, 0.2) is 69.9 Å². The molecule has 0 spiro atoms. The van der Waals surface area contributed by atoms with Crippen molar-refractivity contribution < 1.29 is 18.7 Å². The molecule has 3 N–H and O–H groups in total. The predicted molar refractivity (Wildman–Crippen MR) is 107 cm³/mol. The number of anilines is 1. The number of aromatic nitrogens is 1. The molecular weight excluding hydrogens is 428 g/mol. The first-order valence-electron chi connectivity index (χ1n) is 8.36. The highest BCUT2D eigenvalue weighted by Gasteiger charge is 2.08. The molecule has 3 aromatic rings. The van der Waals surface area contributed by atoms with Crippen molar-refractivity contribution in [3.63, 3.8) is 0 Å². The third-order valence-corrected chi connectivity index (χ3v) is 3.95. The minimum Gasteiger partial charge on any atom is -0.459 e. The van der Waals surface area contributed by atoms with Gasteiger partial charge < -0.3 is 25.1 Å². The van der Waals surface area contributed by atoms with Crippen LogP contribution in [0.1, 0.15) is 10.6 Å². The van der Waals surface area contributed by atoms with Crippen LogP contribution in [0.25, 0.3) is 0 Å². The normalized spacial score (nSPS) is 10.2. The second-order valence-electron chi connectivity index (χ2n) is 5.56. The number of carbonyl (C=O) groups excluding carboxylic acids is 2. The monoisotopic (exact) mass is 444 g/mol. The van der Waals surface area contributed by atoms with Crippen LogP contribution in [0.5, 0.6) is 11.6 Å². The zero-order chi connectivity index (χ0) is 19.8. The number of pyridine rings is 1. The van der Waals surface area contributed by atoms with Crippen molar-refractivity contribution in [2.45, 2.75) is 0 Å². The second kappa shape index (κ2) is 9.56. The van der Waals surface area contributed by atoms with E-state index in [2.05, 4.69) is 36.9 Å².